The number of piperazine rings is 1. The predicted molar refractivity (Wildman–Crippen MR) is 132 cm³/mol. The molecule has 0 aliphatic carbocycles. The van der Waals surface area contributed by atoms with Gasteiger partial charge in [-0.2, -0.15) is 0 Å². The Kier molecular flexibility index (Phi) is 6.95. The summed E-state index contributed by atoms with van der Waals surface area (Å²) >= 11 is 0. The maximum absolute atomic E-state index is 12.7. The molecule has 0 bridgehead atoms. The number of hydrogen-bond donors (Lipinski definition) is 1. The Hall–Kier alpha value is -3.79. The monoisotopic (exact) mass is 494 g/mol. The molecule has 10 heteroatoms. The zero-order valence-corrected chi connectivity index (χ0v) is 20.2. The largest absolute Gasteiger partial charge is 0.489 e. The van der Waals surface area contributed by atoms with Crippen LogP contribution < -0.4 is 19.9 Å². The van der Waals surface area contributed by atoms with Crippen LogP contribution in [0.3, 0.4) is 0 Å². The lowest BCUT2D eigenvalue weighted by Crippen LogP contribution is -2.59. The molecule has 1 unspecified atom stereocenters. The van der Waals surface area contributed by atoms with Gasteiger partial charge in [0.1, 0.15) is 25.1 Å². The fourth-order valence-electron chi connectivity index (χ4n) is 4.77. The first-order valence-electron chi connectivity index (χ1n) is 12.1. The SMILES string of the molecule is CC(=O)NC[C@H]1CN(c2ccc3c(c2)OCC2CN(C(=O)COCc4ccccc4)CCN32)C(=O)O1. The van der Waals surface area contributed by atoms with Crippen molar-refractivity contribution in [3.8, 4) is 5.75 Å². The number of carbonyl (C=O) groups is 3. The van der Waals surface area contributed by atoms with E-state index in [-0.39, 0.29) is 31.0 Å². The van der Waals surface area contributed by atoms with E-state index in [0.717, 1.165) is 11.3 Å². The van der Waals surface area contributed by atoms with Crippen molar-refractivity contribution in [3.05, 3.63) is 54.1 Å². The first-order chi connectivity index (χ1) is 17.5. The molecule has 36 heavy (non-hydrogen) atoms. The Morgan fingerprint density at radius 1 is 1.11 bits per heavy atom. The molecule has 1 N–H and O–H groups in total. The van der Waals surface area contributed by atoms with Crippen molar-refractivity contribution in [2.24, 2.45) is 0 Å². The first kappa shape index (κ1) is 23.9. The number of nitrogens with one attached hydrogen (secondary N) is 1. The Morgan fingerprint density at radius 2 is 1.94 bits per heavy atom. The molecular weight excluding hydrogens is 464 g/mol. The van der Waals surface area contributed by atoms with E-state index in [1.54, 1.807) is 4.90 Å². The summed E-state index contributed by atoms with van der Waals surface area (Å²) in [4.78, 5) is 41.9. The summed E-state index contributed by atoms with van der Waals surface area (Å²) in [5.41, 5.74) is 2.67. The summed E-state index contributed by atoms with van der Waals surface area (Å²) in [6.45, 7) is 4.83. The smallest absolute Gasteiger partial charge is 0.414 e. The number of anilines is 2. The number of fused-ring (bicyclic) bond motifs is 3. The van der Waals surface area contributed by atoms with Gasteiger partial charge in [0.25, 0.3) is 0 Å². The van der Waals surface area contributed by atoms with Crippen LogP contribution in [0.1, 0.15) is 12.5 Å². The molecule has 190 valence electrons. The summed E-state index contributed by atoms with van der Waals surface area (Å²) in [5.74, 6) is 0.517. The lowest BCUT2D eigenvalue weighted by molar-refractivity contribution is -0.137. The molecule has 0 saturated carbocycles. The predicted octanol–water partition coefficient (Wildman–Crippen LogP) is 1.77. The number of rotatable bonds is 7. The number of cyclic esters (lactones) is 1. The van der Waals surface area contributed by atoms with Crippen molar-refractivity contribution in [1.29, 1.82) is 0 Å². The van der Waals surface area contributed by atoms with Gasteiger partial charge in [-0.1, -0.05) is 30.3 Å². The third-order valence-electron chi connectivity index (χ3n) is 6.62. The van der Waals surface area contributed by atoms with Gasteiger partial charge in [0.15, 0.2) is 0 Å². The van der Waals surface area contributed by atoms with E-state index in [9.17, 15) is 14.4 Å². The second kappa shape index (κ2) is 10.4. The van der Waals surface area contributed by atoms with Crippen molar-refractivity contribution < 1.29 is 28.6 Å². The Balaban J connectivity index is 1.17. The average molecular weight is 495 g/mol. The van der Waals surface area contributed by atoms with Gasteiger partial charge in [-0.3, -0.25) is 14.5 Å². The normalized spacial score (nSPS) is 20.8. The van der Waals surface area contributed by atoms with Gasteiger partial charge in [0, 0.05) is 32.6 Å². The fraction of sp³-hybridized carbons (Fsp3) is 0.423. The number of ether oxygens (including phenoxy) is 3. The molecular formula is C26H30N4O6. The van der Waals surface area contributed by atoms with Crippen LogP contribution >= 0.6 is 0 Å². The molecule has 2 atom stereocenters. The molecule has 0 spiro atoms. The van der Waals surface area contributed by atoms with E-state index < -0.39 is 12.2 Å². The lowest BCUT2D eigenvalue weighted by atomic mass is 10.1. The Bertz CT molecular complexity index is 1130. The van der Waals surface area contributed by atoms with E-state index in [1.165, 1.54) is 6.92 Å². The van der Waals surface area contributed by atoms with Crippen molar-refractivity contribution in [2.75, 3.05) is 55.7 Å². The zero-order valence-electron chi connectivity index (χ0n) is 20.2. The molecule has 2 aromatic carbocycles. The van der Waals surface area contributed by atoms with E-state index >= 15 is 0 Å². The highest BCUT2D eigenvalue weighted by molar-refractivity contribution is 5.91. The molecule has 2 fully saturated rings. The minimum absolute atomic E-state index is 0.0203. The minimum Gasteiger partial charge on any atom is -0.489 e. The van der Waals surface area contributed by atoms with E-state index in [0.29, 0.717) is 50.8 Å². The highest BCUT2D eigenvalue weighted by Crippen LogP contribution is 2.39. The molecule has 3 heterocycles. The van der Waals surface area contributed by atoms with Gasteiger partial charge in [0.2, 0.25) is 11.8 Å². The maximum atomic E-state index is 12.7. The number of benzene rings is 2. The number of hydrogen-bond acceptors (Lipinski definition) is 7. The molecule has 3 aliphatic rings. The molecule has 10 nitrogen and oxygen atoms in total. The van der Waals surface area contributed by atoms with Gasteiger partial charge in [-0.05, 0) is 17.7 Å². The van der Waals surface area contributed by atoms with Crippen LogP contribution in [0.4, 0.5) is 16.2 Å². The van der Waals surface area contributed by atoms with Crippen LogP contribution in [0.2, 0.25) is 0 Å². The van der Waals surface area contributed by atoms with Crippen molar-refractivity contribution in [1.82, 2.24) is 10.2 Å². The van der Waals surface area contributed by atoms with Crippen LogP contribution in [0.5, 0.6) is 5.75 Å². The number of carbonyl (C=O) groups excluding carboxylic acids is 3. The highest BCUT2D eigenvalue weighted by Gasteiger charge is 2.36. The molecule has 2 saturated heterocycles. The molecule has 0 radical (unpaired) electrons. The molecule has 2 aromatic rings. The third kappa shape index (κ3) is 5.23. The van der Waals surface area contributed by atoms with Crippen LogP contribution in [0, 0.1) is 0 Å². The van der Waals surface area contributed by atoms with Gasteiger partial charge in [-0.15, -0.1) is 0 Å². The molecule has 0 aromatic heterocycles. The highest BCUT2D eigenvalue weighted by atomic mass is 16.6. The third-order valence-corrected chi connectivity index (χ3v) is 6.62. The minimum atomic E-state index is -0.444. The quantitative estimate of drug-likeness (QED) is 0.626. The van der Waals surface area contributed by atoms with Gasteiger partial charge in [-0.25, -0.2) is 4.79 Å². The summed E-state index contributed by atoms with van der Waals surface area (Å²) in [5, 5.41) is 2.68. The van der Waals surface area contributed by atoms with Crippen LogP contribution in [0.15, 0.2) is 48.5 Å². The van der Waals surface area contributed by atoms with Crippen molar-refractivity contribution in [2.45, 2.75) is 25.7 Å². The first-order valence-corrected chi connectivity index (χ1v) is 12.1. The second-order valence-corrected chi connectivity index (χ2v) is 9.18. The van der Waals surface area contributed by atoms with Gasteiger partial charge < -0.3 is 29.3 Å². The zero-order chi connectivity index (χ0) is 25.1. The summed E-state index contributed by atoms with van der Waals surface area (Å²) in [6.07, 6.45) is -0.842. The van der Waals surface area contributed by atoms with Gasteiger partial charge in [0.05, 0.1) is 37.1 Å². The average Bonchev–Trinajstić information content (AvgIpc) is 3.27. The summed E-state index contributed by atoms with van der Waals surface area (Å²) < 4.78 is 17.1. The Labute approximate surface area is 209 Å². The van der Waals surface area contributed by atoms with Crippen LogP contribution in [-0.4, -0.2) is 80.9 Å². The van der Waals surface area contributed by atoms with E-state index in [1.807, 2.05) is 53.4 Å². The Morgan fingerprint density at radius 3 is 2.75 bits per heavy atom. The standard InChI is InChI=1S/C26H30N4O6/c1-18(31)27-12-22-14-30(26(33)36-22)20-7-8-23-24(11-20)35-16-21-13-28(9-10-29(21)23)25(32)17-34-15-19-5-3-2-4-6-19/h2-8,11,21-22H,9-10,12-17H2,1H3,(H,27,31)/t21?,22-/m0/s1. The second-order valence-electron chi connectivity index (χ2n) is 9.18. The van der Waals surface area contributed by atoms with Crippen LogP contribution in [-0.2, 0) is 25.7 Å². The maximum Gasteiger partial charge on any atom is 0.414 e. The lowest BCUT2D eigenvalue weighted by Gasteiger charge is -2.45. The van der Waals surface area contributed by atoms with Gasteiger partial charge >= 0.3 is 6.09 Å². The van der Waals surface area contributed by atoms with E-state index in [4.69, 9.17) is 14.2 Å². The van der Waals surface area contributed by atoms with E-state index in [2.05, 4.69) is 10.2 Å². The van der Waals surface area contributed by atoms with Crippen LogP contribution in [0.25, 0.3) is 0 Å². The summed E-state index contributed by atoms with van der Waals surface area (Å²) in [7, 11) is 0. The summed E-state index contributed by atoms with van der Waals surface area (Å²) in [6, 6.07) is 15.5. The molecule has 3 amide bonds. The molecule has 5 rings (SSSR count). The van der Waals surface area contributed by atoms with Crippen molar-refractivity contribution >= 4 is 29.3 Å². The number of amides is 3. The molecule has 3 aliphatic heterocycles. The fourth-order valence-corrected chi connectivity index (χ4v) is 4.77. The number of nitrogens with zero attached hydrogens (tertiary/aromatic N) is 3. The topological polar surface area (TPSA) is 101 Å². The van der Waals surface area contributed by atoms with Crippen molar-refractivity contribution in [3.63, 3.8) is 0 Å².